The van der Waals surface area contributed by atoms with Crippen molar-refractivity contribution in [3.05, 3.63) is 35.9 Å². The number of guanidine groups is 1. The summed E-state index contributed by atoms with van der Waals surface area (Å²) < 4.78 is 5.53. The molecule has 0 heterocycles. The highest BCUT2D eigenvalue weighted by Crippen LogP contribution is 2.28. The molecule has 3 unspecified atom stereocenters. The number of hydrogen-bond acceptors (Lipinski definition) is 3. The summed E-state index contributed by atoms with van der Waals surface area (Å²) in [6, 6.07) is 10.7. The molecule has 0 aromatic heterocycles. The number of nitrogens with zero attached hydrogens (tertiary/aromatic N) is 1. The van der Waals surface area contributed by atoms with Crippen LogP contribution in [0.3, 0.4) is 0 Å². The van der Waals surface area contributed by atoms with E-state index in [1.807, 2.05) is 13.0 Å². The van der Waals surface area contributed by atoms with Gasteiger partial charge in [-0.15, -0.1) is 24.0 Å². The SMILES string of the molecule is CCNC(=NCC(O)COCC1CC1)NC(C)C(C)c1ccccc1.I. The second-order valence-electron chi connectivity index (χ2n) is 6.99. The fourth-order valence-corrected chi connectivity index (χ4v) is 2.61. The van der Waals surface area contributed by atoms with E-state index in [9.17, 15) is 5.11 Å². The molecule has 1 aliphatic rings. The minimum Gasteiger partial charge on any atom is -0.389 e. The molecule has 1 saturated carbocycles. The van der Waals surface area contributed by atoms with Crippen LogP contribution in [0.2, 0.25) is 0 Å². The van der Waals surface area contributed by atoms with Gasteiger partial charge in [0.1, 0.15) is 0 Å². The van der Waals surface area contributed by atoms with Crippen molar-refractivity contribution in [1.82, 2.24) is 10.6 Å². The number of aliphatic hydroxyl groups is 1. The van der Waals surface area contributed by atoms with Crippen LogP contribution in [0.15, 0.2) is 35.3 Å². The van der Waals surface area contributed by atoms with E-state index >= 15 is 0 Å². The molecule has 3 N–H and O–H groups in total. The van der Waals surface area contributed by atoms with Crippen LogP contribution in [-0.2, 0) is 4.74 Å². The molecule has 0 spiro atoms. The predicted octanol–water partition coefficient (Wildman–Crippen LogP) is 3.14. The lowest BCUT2D eigenvalue weighted by Gasteiger charge is -2.24. The molecule has 1 aromatic rings. The Bertz CT molecular complexity index is 523. The summed E-state index contributed by atoms with van der Waals surface area (Å²) in [6.45, 7) is 8.65. The Morgan fingerprint density at radius 2 is 1.96 bits per heavy atom. The van der Waals surface area contributed by atoms with E-state index in [2.05, 4.69) is 53.7 Å². The average molecular weight is 475 g/mol. The first kappa shape index (κ1) is 23.2. The van der Waals surface area contributed by atoms with Crippen LogP contribution in [0.1, 0.15) is 45.1 Å². The third kappa shape index (κ3) is 8.68. The van der Waals surface area contributed by atoms with E-state index in [-0.39, 0.29) is 30.0 Å². The molecule has 1 aliphatic carbocycles. The number of hydrogen-bond donors (Lipinski definition) is 3. The van der Waals surface area contributed by atoms with Crippen LogP contribution in [0.25, 0.3) is 0 Å². The molecule has 2 rings (SSSR count). The molecule has 148 valence electrons. The number of benzene rings is 1. The molecule has 0 bridgehead atoms. The van der Waals surface area contributed by atoms with Crippen molar-refractivity contribution in [3.63, 3.8) is 0 Å². The Balaban J connectivity index is 0.00000338. The molecular weight excluding hydrogens is 441 g/mol. The first-order chi connectivity index (χ1) is 12.1. The maximum atomic E-state index is 10.0. The van der Waals surface area contributed by atoms with Crippen molar-refractivity contribution in [2.75, 3.05) is 26.3 Å². The lowest BCUT2D eigenvalue weighted by Crippen LogP contribution is -2.44. The first-order valence-electron chi connectivity index (χ1n) is 9.45. The zero-order valence-electron chi connectivity index (χ0n) is 16.1. The third-order valence-corrected chi connectivity index (χ3v) is 4.60. The quantitative estimate of drug-likeness (QED) is 0.277. The monoisotopic (exact) mass is 475 g/mol. The van der Waals surface area contributed by atoms with Gasteiger partial charge < -0.3 is 20.5 Å². The second kappa shape index (κ2) is 12.5. The minimum atomic E-state index is -0.559. The van der Waals surface area contributed by atoms with Gasteiger partial charge in [-0.2, -0.15) is 0 Å². The Morgan fingerprint density at radius 1 is 1.27 bits per heavy atom. The normalized spacial score (nSPS) is 17.8. The molecule has 5 nitrogen and oxygen atoms in total. The number of rotatable bonds is 10. The van der Waals surface area contributed by atoms with Gasteiger partial charge in [0, 0.05) is 25.1 Å². The van der Waals surface area contributed by atoms with Crippen molar-refractivity contribution in [1.29, 1.82) is 0 Å². The zero-order valence-corrected chi connectivity index (χ0v) is 18.5. The van der Waals surface area contributed by atoms with Crippen LogP contribution in [0, 0.1) is 5.92 Å². The van der Waals surface area contributed by atoms with Crippen molar-refractivity contribution in [2.24, 2.45) is 10.9 Å². The minimum absolute atomic E-state index is 0. The molecule has 0 aliphatic heterocycles. The number of aliphatic imine (C=N–C) groups is 1. The van der Waals surface area contributed by atoms with E-state index in [0.717, 1.165) is 25.0 Å². The Hall–Kier alpha value is -0.860. The maximum Gasteiger partial charge on any atom is 0.191 e. The fourth-order valence-electron chi connectivity index (χ4n) is 2.61. The maximum absolute atomic E-state index is 10.0. The van der Waals surface area contributed by atoms with E-state index < -0.39 is 6.10 Å². The highest BCUT2D eigenvalue weighted by atomic mass is 127. The summed E-state index contributed by atoms with van der Waals surface area (Å²) in [6.07, 6.45) is 1.97. The van der Waals surface area contributed by atoms with Gasteiger partial charge in [0.15, 0.2) is 5.96 Å². The van der Waals surface area contributed by atoms with Crippen LogP contribution in [0.5, 0.6) is 0 Å². The molecule has 6 heteroatoms. The van der Waals surface area contributed by atoms with Crippen molar-refractivity contribution in [3.8, 4) is 0 Å². The van der Waals surface area contributed by atoms with Crippen LogP contribution in [-0.4, -0.2) is 49.5 Å². The van der Waals surface area contributed by atoms with E-state index in [1.165, 1.54) is 18.4 Å². The number of aliphatic hydroxyl groups excluding tert-OH is 1. The predicted molar refractivity (Wildman–Crippen MR) is 118 cm³/mol. The van der Waals surface area contributed by atoms with Gasteiger partial charge in [-0.05, 0) is 38.2 Å². The average Bonchev–Trinajstić information content (AvgIpc) is 3.44. The molecular formula is C20H34IN3O2. The van der Waals surface area contributed by atoms with Gasteiger partial charge >= 0.3 is 0 Å². The second-order valence-corrected chi connectivity index (χ2v) is 6.99. The number of ether oxygens (including phenoxy) is 1. The van der Waals surface area contributed by atoms with E-state index in [1.54, 1.807) is 0 Å². The number of halogens is 1. The molecule has 26 heavy (non-hydrogen) atoms. The lowest BCUT2D eigenvalue weighted by molar-refractivity contribution is 0.0368. The highest BCUT2D eigenvalue weighted by Gasteiger charge is 2.21. The van der Waals surface area contributed by atoms with Crippen molar-refractivity contribution < 1.29 is 9.84 Å². The van der Waals surface area contributed by atoms with E-state index in [0.29, 0.717) is 19.1 Å². The first-order valence-corrected chi connectivity index (χ1v) is 9.45. The van der Waals surface area contributed by atoms with Gasteiger partial charge in [-0.1, -0.05) is 37.3 Å². The van der Waals surface area contributed by atoms with Crippen molar-refractivity contribution >= 4 is 29.9 Å². The summed E-state index contributed by atoms with van der Waals surface area (Å²) in [4.78, 5) is 4.51. The Labute approximate surface area is 175 Å². The van der Waals surface area contributed by atoms with Gasteiger partial charge in [0.2, 0.25) is 0 Å². The third-order valence-electron chi connectivity index (χ3n) is 4.60. The molecule has 0 radical (unpaired) electrons. The zero-order chi connectivity index (χ0) is 18.1. The topological polar surface area (TPSA) is 65.9 Å². The summed E-state index contributed by atoms with van der Waals surface area (Å²) in [7, 11) is 0. The smallest absolute Gasteiger partial charge is 0.191 e. The Kier molecular flexibility index (Phi) is 11.2. The Morgan fingerprint density at radius 3 is 2.58 bits per heavy atom. The molecule has 0 amide bonds. The summed E-state index contributed by atoms with van der Waals surface area (Å²) >= 11 is 0. The molecule has 0 saturated heterocycles. The summed E-state index contributed by atoms with van der Waals surface area (Å²) in [5.74, 6) is 1.81. The molecule has 1 fully saturated rings. The standard InChI is InChI=1S/C20H33N3O2.HI/c1-4-21-20(22-12-19(24)14-25-13-17-10-11-17)23-16(3)15(2)18-8-6-5-7-9-18;/h5-9,15-17,19,24H,4,10-14H2,1-3H3,(H2,21,22,23);1H. The fraction of sp³-hybridized carbons (Fsp3) is 0.650. The molecule has 3 atom stereocenters. The van der Waals surface area contributed by atoms with E-state index in [4.69, 9.17) is 4.74 Å². The summed E-state index contributed by atoms with van der Waals surface area (Å²) in [5, 5.41) is 16.7. The van der Waals surface area contributed by atoms with Gasteiger partial charge in [-0.3, -0.25) is 4.99 Å². The summed E-state index contributed by atoms with van der Waals surface area (Å²) in [5.41, 5.74) is 1.30. The van der Waals surface area contributed by atoms with Gasteiger partial charge in [0.25, 0.3) is 0 Å². The van der Waals surface area contributed by atoms with Crippen LogP contribution >= 0.6 is 24.0 Å². The number of nitrogens with one attached hydrogen (secondary N) is 2. The lowest BCUT2D eigenvalue weighted by atomic mass is 9.94. The van der Waals surface area contributed by atoms with Crippen molar-refractivity contribution in [2.45, 2.75) is 51.7 Å². The van der Waals surface area contributed by atoms with Gasteiger partial charge in [0.05, 0.1) is 19.3 Å². The highest BCUT2D eigenvalue weighted by molar-refractivity contribution is 14.0. The molecule has 1 aromatic carbocycles. The largest absolute Gasteiger partial charge is 0.389 e. The van der Waals surface area contributed by atoms with Crippen LogP contribution < -0.4 is 10.6 Å². The van der Waals surface area contributed by atoms with Gasteiger partial charge in [-0.25, -0.2) is 0 Å². The van der Waals surface area contributed by atoms with Crippen LogP contribution in [0.4, 0.5) is 0 Å².